The molecular formula is C16H19Cl2FN2S. The van der Waals surface area contributed by atoms with Crippen LogP contribution in [0.1, 0.15) is 22.0 Å². The van der Waals surface area contributed by atoms with Gasteiger partial charge in [0.15, 0.2) is 0 Å². The quantitative estimate of drug-likeness (QED) is 0.879. The van der Waals surface area contributed by atoms with Crippen molar-refractivity contribution in [1.82, 2.24) is 10.2 Å². The van der Waals surface area contributed by atoms with Crippen molar-refractivity contribution in [3.63, 3.8) is 0 Å². The first kappa shape index (κ1) is 17.7. The highest BCUT2D eigenvalue weighted by Crippen LogP contribution is 2.36. The highest BCUT2D eigenvalue weighted by atomic mass is 35.5. The van der Waals surface area contributed by atoms with Crippen LogP contribution in [0.15, 0.2) is 30.3 Å². The summed E-state index contributed by atoms with van der Waals surface area (Å²) in [5.41, 5.74) is 2.15. The highest BCUT2D eigenvalue weighted by Gasteiger charge is 2.26. The van der Waals surface area contributed by atoms with E-state index < -0.39 is 0 Å². The number of piperazine rings is 1. The minimum absolute atomic E-state index is 0. The van der Waals surface area contributed by atoms with E-state index in [2.05, 4.69) is 16.3 Å². The van der Waals surface area contributed by atoms with Crippen molar-refractivity contribution in [3.8, 4) is 0 Å². The molecule has 2 heterocycles. The number of nitrogens with one attached hydrogen (secondary N) is 1. The molecule has 0 bridgehead atoms. The summed E-state index contributed by atoms with van der Waals surface area (Å²) in [5, 5.41) is 3.38. The Morgan fingerprint density at radius 2 is 1.95 bits per heavy atom. The average molecular weight is 361 g/mol. The number of hydrogen-bond acceptors (Lipinski definition) is 3. The van der Waals surface area contributed by atoms with E-state index in [1.165, 1.54) is 4.88 Å². The van der Waals surface area contributed by atoms with Gasteiger partial charge >= 0.3 is 0 Å². The lowest BCUT2D eigenvalue weighted by Gasteiger charge is -2.35. The Labute approximate surface area is 145 Å². The smallest absolute Gasteiger partial charge is 0.123 e. The van der Waals surface area contributed by atoms with Gasteiger partial charge in [-0.15, -0.1) is 23.7 Å². The van der Waals surface area contributed by atoms with Gasteiger partial charge in [0.2, 0.25) is 0 Å². The molecule has 120 valence electrons. The Kier molecular flexibility index (Phi) is 6.24. The number of rotatable bonds is 3. The standard InChI is InChI=1S/C16H18ClFN2S.ClH/c1-11-10-12(18)2-3-13(11)16(14-4-5-15(17)21-14)20-8-6-19-7-9-20;/h2-5,10,16,19H,6-9H2,1H3;1H/t16-;/m0./s1. The summed E-state index contributed by atoms with van der Waals surface area (Å²) in [6, 6.07) is 9.25. The third-order valence-corrected chi connectivity index (χ3v) is 5.19. The molecule has 1 aromatic carbocycles. The number of nitrogens with zero attached hydrogens (tertiary/aromatic N) is 1. The molecule has 0 saturated carbocycles. The van der Waals surface area contributed by atoms with Gasteiger partial charge in [-0.05, 0) is 42.3 Å². The van der Waals surface area contributed by atoms with Gasteiger partial charge < -0.3 is 5.32 Å². The fourth-order valence-electron chi connectivity index (χ4n) is 2.89. The Morgan fingerprint density at radius 3 is 2.55 bits per heavy atom. The second kappa shape index (κ2) is 7.75. The van der Waals surface area contributed by atoms with Crippen LogP contribution in [0.5, 0.6) is 0 Å². The van der Waals surface area contributed by atoms with Crippen LogP contribution in [0.4, 0.5) is 4.39 Å². The SMILES string of the molecule is Cc1cc(F)ccc1[C@@H](c1ccc(Cl)s1)N1CCNCC1.Cl. The topological polar surface area (TPSA) is 15.3 Å². The summed E-state index contributed by atoms with van der Waals surface area (Å²) in [6.45, 7) is 5.91. The molecule has 1 aliphatic heterocycles. The molecule has 0 unspecified atom stereocenters. The largest absolute Gasteiger partial charge is 0.314 e. The molecule has 0 aliphatic carbocycles. The molecule has 1 saturated heterocycles. The number of hydrogen-bond donors (Lipinski definition) is 1. The Hall–Kier alpha value is -0.650. The maximum absolute atomic E-state index is 13.4. The van der Waals surface area contributed by atoms with Gasteiger partial charge in [0, 0.05) is 31.1 Å². The van der Waals surface area contributed by atoms with Crippen LogP contribution >= 0.6 is 35.3 Å². The fourth-order valence-corrected chi connectivity index (χ4v) is 4.11. The van der Waals surface area contributed by atoms with Crippen molar-refractivity contribution in [2.24, 2.45) is 0 Å². The molecule has 1 N–H and O–H groups in total. The fraction of sp³-hybridized carbons (Fsp3) is 0.375. The molecule has 6 heteroatoms. The third kappa shape index (κ3) is 3.81. The predicted octanol–water partition coefficient (Wildman–Crippen LogP) is 4.27. The van der Waals surface area contributed by atoms with E-state index in [1.807, 2.05) is 19.1 Å². The zero-order valence-electron chi connectivity index (χ0n) is 12.3. The minimum Gasteiger partial charge on any atom is -0.314 e. The zero-order valence-corrected chi connectivity index (χ0v) is 14.7. The van der Waals surface area contributed by atoms with Crippen LogP contribution in [0.3, 0.4) is 0 Å². The van der Waals surface area contributed by atoms with Crippen molar-refractivity contribution in [3.05, 3.63) is 56.5 Å². The van der Waals surface area contributed by atoms with Gasteiger partial charge in [0.25, 0.3) is 0 Å². The van der Waals surface area contributed by atoms with Crippen LogP contribution in [0.2, 0.25) is 4.34 Å². The molecule has 22 heavy (non-hydrogen) atoms. The molecule has 2 nitrogen and oxygen atoms in total. The van der Waals surface area contributed by atoms with Gasteiger partial charge in [-0.1, -0.05) is 17.7 Å². The van der Waals surface area contributed by atoms with Gasteiger partial charge in [0.1, 0.15) is 5.82 Å². The van der Waals surface area contributed by atoms with E-state index in [9.17, 15) is 4.39 Å². The van der Waals surface area contributed by atoms with Crippen LogP contribution in [-0.4, -0.2) is 31.1 Å². The number of thiophene rings is 1. The normalized spacial score (nSPS) is 17.0. The highest BCUT2D eigenvalue weighted by molar-refractivity contribution is 7.16. The molecule has 3 rings (SSSR count). The van der Waals surface area contributed by atoms with Crippen molar-refractivity contribution in [2.75, 3.05) is 26.2 Å². The van der Waals surface area contributed by atoms with Gasteiger partial charge in [-0.3, -0.25) is 4.90 Å². The third-order valence-electron chi connectivity index (χ3n) is 3.91. The van der Waals surface area contributed by atoms with Crippen molar-refractivity contribution in [2.45, 2.75) is 13.0 Å². The summed E-state index contributed by atoms with van der Waals surface area (Å²) in [5.74, 6) is -0.181. The van der Waals surface area contributed by atoms with E-state index >= 15 is 0 Å². The monoisotopic (exact) mass is 360 g/mol. The molecule has 1 atom stereocenters. The van der Waals surface area contributed by atoms with Crippen molar-refractivity contribution < 1.29 is 4.39 Å². The Morgan fingerprint density at radius 1 is 1.23 bits per heavy atom. The van der Waals surface area contributed by atoms with Crippen LogP contribution in [0.25, 0.3) is 0 Å². The van der Waals surface area contributed by atoms with Gasteiger partial charge in [0.05, 0.1) is 10.4 Å². The second-order valence-corrected chi connectivity index (χ2v) is 7.08. The van der Waals surface area contributed by atoms with Crippen LogP contribution < -0.4 is 5.32 Å². The van der Waals surface area contributed by atoms with Crippen LogP contribution in [0, 0.1) is 12.7 Å². The molecule has 1 fully saturated rings. The molecule has 0 spiro atoms. The first-order valence-electron chi connectivity index (χ1n) is 7.11. The number of aryl methyl sites for hydroxylation is 1. The maximum Gasteiger partial charge on any atom is 0.123 e. The molecule has 2 aromatic rings. The van der Waals surface area contributed by atoms with Crippen molar-refractivity contribution >= 4 is 35.3 Å². The molecular weight excluding hydrogens is 342 g/mol. The summed E-state index contributed by atoms with van der Waals surface area (Å²) in [7, 11) is 0. The van der Waals surface area contributed by atoms with E-state index in [-0.39, 0.29) is 24.3 Å². The summed E-state index contributed by atoms with van der Waals surface area (Å²) in [4.78, 5) is 3.66. The first-order chi connectivity index (χ1) is 10.1. The second-order valence-electron chi connectivity index (χ2n) is 5.33. The lowest BCUT2D eigenvalue weighted by molar-refractivity contribution is 0.200. The Balaban J connectivity index is 0.00000176. The predicted molar refractivity (Wildman–Crippen MR) is 94.0 cm³/mol. The zero-order chi connectivity index (χ0) is 14.8. The molecule has 1 aromatic heterocycles. The minimum atomic E-state index is -0.181. The van der Waals surface area contributed by atoms with Crippen molar-refractivity contribution in [1.29, 1.82) is 0 Å². The maximum atomic E-state index is 13.4. The average Bonchev–Trinajstić information content (AvgIpc) is 2.89. The van der Waals surface area contributed by atoms with E-state index in [4.69, 9.17) is 11.6 Å². The Bertz CT molecular complexity index is 626. The van der Waals surface area contributed by atoms with Crippen LogP contribution in [-0.2, 0) is 0 Å². The summed E-state index contributed by atoms with van der Waals surface area (Å²) >= 11 is 7.73. The molecule has 1 aliphatic rings. The van der Waals surface area contributed by atoms with E-state index in [0.29, 0.717) is 0 Å². The van der Waals surface area contributed by atoms with E-state index in [0.717, 1.165) is 41.6 Å². The van der Waals surface area contributed by atoms with E-state index in [1.54, 1.807) is 23.5 Å². The van der Waals surface area contributed by atoms with Gasteiger partial charge in [-0.2, -0.15) is 0 Å². The molecule has 0 amide bonds. The summed E-state index contributed by atoms with van der Waals surface area (Å²) < 4.78 is 14.2. The summed E-state index contributed by atoms with van der Waals surface area (Å²) in [6.07, 6.45) is 0. The van der Waals surface area contributed by atoms with Gasteiger partial charge in [-0.25, -0.2) is 4.39 Å². The number of halogens is 3. The molecule has 0 radical (unpaired) electrons. The first-order valence-corrected chi connectivity index (χ1v) is 8.30. The number of benzene rings is 1. The lowest BCUT2D eigenvalue weighted by atomic mass is 9.98. The lowest BCUT2D eigenvalue weighted by Crippen LogP contribution is -2.45.